The molecule has 0 saturated carbocycles. The van der Waals surface area contributed by atoms with Gasteiger partial charge in [-0.05, 0) is 46.7 Å². The first-order valence-corrected chi connectivity index (χ1v) is 11.6. The third-order valence-electron chi connectivity index (χ3n) is 4.53. The Bertz CT molecular complexity index is 1110. The lowest BCUT2D eigenvalue weighted by Crippen LogP contribution is -1.98. The molecule has 0 bridgehead atoms. The minimum Gasteiger partial charge on any atom is -0.493 e. The molecule has 0 amide bonds. The van der Waals surface area contributed by atoms with Crippen LogP contribution >= 0.6 is 23.5 Å². The fourth-order valence-electron chi connectivity index (χ4n) is 2.96. The van der Waals surface area contributed by atoms with Gasteiger partial charge in [0.25, 0.3) is 0 Å². The van der Waals surface area contributed by atoms with Crippen LogP contribution in [0.1, 0.15) is 16.7 Å². The number of aliphatic imine (C=N–C) groups is 1. The number of hydrogen-bond acceptors (Lipinski definition) is 6. The third-order valence-corrected chi connectivity index (χ3v) is 6.61. The summed E-state index contributed by atoms with van der Waals surface area (Å²) in [5.41, 5.74) is 3.57. The second-order valence-corrected chi connectivity index (χ2v) is 8.94. The van der Waals surface area contributed by atoms with E-state index in [1.165, 1.54) is 17.3 Å². The molecule has 6 heteroatoms. The van der Waals surface area contributed by atoms with Crippen molar-refractivity contribution >= 4 is 39.1 Å². The summed E-state index contributed by atoms with van der Waals surface area (Å²) in [5.74, 6) is 2.06. The largest absolute Gasteiger partial charge is 0.493 e. The van der Waals surface area contributed by atoms with Gasteiger partial charge >= 0.3 is 0 Å². The predicted octanol–water partition coefficient (Wildman–Crippen LogP) is 6.18. The number of carbonyl (C=O) groups excluding carboxylic acids is 1. The first-order valence-electron chi connectivity index (χ1n) is 9.75. The minimum absolute atomic E-state index is 0.0427. The molecule has 0 saturated heterocycles. The van der Waals surface area contributed by atoms with Crippen LogP contribution in [0.4, 0.5) is 0 Å². The Hall–Kier alpha value is -2.96. The van der Waals surface area contributed by atoms with Crippen molar-refractivity contribution in [2.24, 2.45) is 4.99 Å². The summed E-state index contributed by atoms with van der Waals surface area (Å²) in [4.78, 5) is 16.9. The Morgan fingerprint density at radius 1 is 0.935 bits per heavy atom. The molecular formula is C25H21NO3S2. The summed E-state index contributed by atoms with van der Waals surface area (Å²) in [6.45, 7) is 0.457. The van der Waals surface area contributed by atoms with Gasteiger partial charge in [0.05, 0.1) is 7.11 Å². The molecule has 1 aliphatic heterocycles. The van der Waals surface area contributed by atoms with Crippen molar-refractivity contribution in [1.29, 1.82) is 0 Å². The monoisotopic (exact) mass is 447 g/mol. The van der Waals surface area contributed by atoms with Crippen LogP contribution in [-0.2, 0) is 17.2 Å². The van der Waals surface area contributed by atoms with Crippen LogP contribution in [0.5, 0.6) is 11.5 Å². The van der Waals surface area contributed by atoms with Gasteiger partial charge in [-0.25, -0.2) is 4.99 Å². The maximum atomic E-state index is 12.4. The van der Waals surface area contributed by atoms with Crippen LogP contribution in [0.2, 0.25) is 0 Å². The van der Waals surface area contributed by atoms with E-state index in [0.29, 0.717) is 23.8 Å². The normalized spacial score (nSPS) is 14.5. The summed E-state index contributed by atoms with van der Waals surface area (Å²) in [6, 6.07) is 25.7. The van der Waals surface area contributed by atoms with E-state index in [4.69, 9.17) is 9.47 Å². The van der Waals surface area contributed by atoms with Gasteiger partial charge < -0.3 is 9.47 Å². The van der Waals surface area contributed by atoms with Crippen LogP contribution in [-0.4, -0.2) is 16.6 Å². The van der Waals surface area contributed by atoms with Crippen molar-refractivity contribution < 1.29 is 14.3 Å². The summed E-state index contributed by atoms with van der Waals surface area (Å²) in [7, 11) is 1.61. The lowest BCUT2D eigenvalue weighted by atomic mass is 10.1. The number of methoxy groups -OCH3 is 1. The van der Waals surface area contributed by atoms with Crippen LogP contribution in [0.25, 0.3) is 6.08 Å². The van der Waals surface area contributed by atoms with E-state index in [1.807, 2.05) is 66.7 Å². The summed E-state index contributed by atoms with van der Waals surface area (Å²) in [6.07, 6.45) is 1.79. The molecule has 0 aromatic heterocycles. The number of hydrogen-bond donors (Lipinski definition) is 0. The topological polar surface area (TPSA) is 47.9 Å². The Morgan fingerprint density at radius 3 is 2.35 bits per heavy atom. The van der Waals surface area contributed by atoms with E-state index in [2.05, 4.69) is 17.1 Å². The predicted molar refractivity (Wildman–Crippen MR) is 130 cm³/mol. The molecule has 4 nitrogen and oxygen atoms in total. The average Bonchev–Trinajstić information content (AvgIpc) is 3.17. The highest BCUT2D eigenvalue weighted by Gasteiger charge is 2.22. The fraction of sp³-hybridized carbons (Fsp3) is 0.120. The van der Waals surface area contributed by atoms with Crippen molar-refractivity contribution in [1.82, 2.24) is 0 Å². The van der Waals surface area contributed by atoms with E-state index >= 15 is 0 Å². The first kappa shape index (κ1) is 21.3. The smallest absolute Gasteiger partial charge is 0.244 e. The maximum absolute atomic E-state index is 12.4. The number of benzene rings is 3. The van der Waals surface area contributed by atoms with Crippen molar-refractivity contribution in [2.45, 2.75) is 12.4 Å². The number of nitrogens with zero attached hydrogens (tertiary/aromatic N) is 1. The van der Waals surface area contributed by atoms with E-state index in [9.17, 15) is 4.79 Å². The zero-order chi connectivity index (χ0) is 21.5. The summed E-state index contributed by atoms with van der Waals surface area (Å²) in [5, 5.41) is -0.0427. The van der Waals surface area contributed by atoms with Crippen molar-refractivity contribution in [3.05, 3.63) is 101 Å². The Labute approximate surface area is 190 Å². The van der Waals surface area contributed by atoms with Gasteiger partial charge in [0.2, 0.25) is 5.12 Å². The molecule has 0 unspecified atom stereocenters. The highest BCUT2D eigenvalue weighted by molar-refractivity contribution is 8.45. The first-order chi connectivity index (χ1) is 15.2. The van der Waals surface area contributed by atoms with Gasteiger partial charge in [0.15, 0.2) is 11.5 Å². The number of carbonyl (C=O) groups is 1. The summed E-state index contributed by atoms with van der Waals surface area (Å²) >= 11 is 2.76. The molecule has 1 aliphatic rings. The van der Waals surface area contributed by atoms with Crippen LogP contribution in [0, 0.1) is 0 Å². The number of ether oxygens (including phenoxy) is 2. The standard InChI is InChI=1S/C25H21NO3S2/c1-28-23-15-20(12-13-22(23)29-16-18-8-4-2-5-9-18)14-21-24(27)31-25(26-21)30-17-19-10-6-3-7-11-19/h2-15H,16-17H2,1H3/b21-14+. The molecule has 3 aromatic carbocycles. The molecular weight excluding hydrogens is 426 g/mol. The van der Waals surface area contributed by atoms with Crippen LogP contribution < -0.4 is 9.47 Å². The molecule has 0 radical (unpaired) electrons. The lowest BCUT2D eigenvalue weighted by molar-refractivity contribution is -0.107. The summed E-state index contributed by atoms with van der Waals surface area (Å²) < 4.78 is 12.2. The Balaban J connectivity index is 1.44. The molecule has 3 aromatic rings. The SMILES string of the molecule is COc1cc(/C=C2/N=C(SCc3ccccc3)SC2=O)ccc1OCc1ccccc1. The van der Waals surface area contributed by atoms with Gasteiger partial charge in [-0.2, -0.15) is 0 Å². The van der Waals surface area contributed by atoms with E-state index in [0.717, 1.165) is 21.3 Å². The minimum atomic E-state index is -0.0427. The highest BCUT2D eigenvalue weighted by Crippen LogP contribution is 2.34. The van der Waals surface area contributed by atoms with Gasteiger partial charge in [0, 0.05) is 5.75 Å². The molecule has 0 N–H and O–H groups in total. The van der Waals surface area contributed by atoms with Crippen molar-refractivity contribution in [3.63, 3.8) is 0 Å². The fourth-order valence-corrected chi connectivity index (χ4v) is 4.75. The molecule has 4 rings (SSSR count). The van der Waals surface area contributed by atoms with E-state index in [1.54, 1.807) is 24.9 Å². The van der Waals surface area contributed by atoms with Gasteiger partial charge in [0.1, 0.15) is 16.7 Å². The van der Waals surface area contributed by atoms with Crippen LogP contribution in [0.15, 0.2) is 89.6 Å². The molecule has 1 heterocycles. The van der Waals surface area contributed by atoms with Gasteiger partial charge in [-0.1, -0.05) is 78.5 Å². The maximum Gasteiger partial charge on any atom is 0.244 e. The zero-order valence-corrected chi connectivity index (χ0v) is 18.6. The second-order valence-electron chi connectivity index (χ2n) is 6.76. The molecule has 0 fully saturated rings. The highest BCUT2D eigenvalue weighted by atomic mass is 32.2. The number of rotatable bonds is 7. The number of thioether (sulfide) groups is 2. The van der Waals surface area contributed by atoms with E-state index < -0.39 is 0 Å². The van der Waals surface area contributed by atoms with Crippen molar-refractivity contribution in [2.75, 3.05) is 7.11 Å². The molecule has 0 spiro atoms. The Kier molecular flexibility index (Phi) is 7.12. The quantitative estimate of drug-likeness (QED) is 0.405. The molecule has 0 atom stereocenters. The lowest BCUT2D eigenvalue weighted by Gasteiger charge is -2.11. The molecule has 156 valence electrons. The molecule has 31 heavy (non-hydrogen) atoms. The Morgan fingerprint density at radius 2 is 1.65 bits per heavy atom. The average molecular weight is 448 g/mol. The van der Waals surface area contributed by atoms with Crippen LogP contribution in [0.3, 0.4) is 0 Å². The van der Waals surface area contributed by atoms with Crippen molar-refractivity contribution in [3.8, 4) is 11.5 Å². The third kappa shape index (κ3) is 5.81. The van der Waals surface area contributed by atoms with Gasteiger partial charge in [-0.3, -0.25) is 4.79 Å². The van der Waals surface area contributed by atoms with E-state index in [-0.39, 0.29) is 5.12 Å². The second kappa shape index (κ2) is 10.4. The van der Waals surface area contributed by atoms with Gasteiger partial charge in [-0.15, -0.1) is 0 Å². The zero-order valence-electron chi connectivity index (χ0n) is 17.0. The molecule has 0 aliphatic carbocycles.